The van der Waals surface area contributed by atoms with E-state index in [1.54, 1.807) is 0 Å². The normalized spacial score (nSPS) is 35.8. The molecule has 2 N–H and O–H groups in total. The smallest absolute Gasteiger partial charge is 0.270 e. The molecule has 0 radical (unpaired) electrons. The lowest BCUT2D eigenvalue weighted by Crippen LogP contribution is -2.42. The van der Waals surface area contributed by atoms with E-state index >= 15 is 0 Å². The molecule has 1 saturated heterocycles. The first-order valence-corrected chi connectivity index (χ1v) is 4.51. The summed E-state index contributed by atoms with van der Waals surface area (Å²) in [5, 5.41) is 5.29. The Labute approximate surface area is 74.9 Å². The summed E-state index contributed by atoms with van der Waals surface area (Å²) in [6.07, 6.45) is 1.49. The minimum absolute atomic E-state index is 0.203. The Morgan fingerprint density at radius 2 is 2.23 bits per heavy atom. The molecule has 1 amide bonds. The second kappa shape index (κ2) is 2.90. The van der Waals surface area contributed by atoms with Gasteiger partial charge in [0, 0.05) is 6.42 Å². The molecule has 0 aromatic rings. The lowest BCUT2D eigenvalue weighted by Gasteiger charge is -2.09. The summed E-state index contributed by atoms with van der Waals surface area (Å²) in [5.74, 6) is -2.94. The maximum atomic E-state index is 12.4. The zero-order valence-electron chi connectivity index (χ0n) is 7.15. The van der Waals surface area contributed by atoms with Crippen LogP contribution in [0.25, 0.3) is 0 Å². The van der Waals surface area contributed by atoms with E-state index in [0.717, 1.165) is 19.4 Å². The Morgan fingerprint density at radius 3 is 2.69 bits per heavy atom. The molecule has 1 unspecified atom stereocenters. The summed E-state index contributed by atoms with van der Waals surface area (Å²) in [6.45, 7) is 0.805. The third-order valence-electron chi connectivity index (χ3n) is 2.52. The van der Waals surface area contributed by atoms with Gasteiger partial charge in [-0.2, -0.15) is 0 Å². The fourth-order valence-electron chi connectivity index (χ4n) is 1.55. The number of carbonyl (C=O) groups excluding carboxylic acids is 1. The van der Waals surface area contributed by atoms with Crippen molar-refractivity contribution in [3.05, 3.63) is 0 Å². The molecular formula is C8H12F2N2O. The molecular weight excluding hydrogens is 178 g/mol. The second-order valence-corrected chi connectivity index (χ2v) is 3.68. The molecule has 0 spiro atoms. The van der Waals surface area contributed by atoms with Crippen molar-refractivity contribution in [3.8, 4) is 0 Å². The van der Waals surface area contributed by atoms with Crippen LogP contribution >= 0.6 is 0 Å². The summed E-state index contributed by atoms with van der Waals surface area (Å²) in [6, 6.07) is -1.17. The lowest BCUT2D eigenvalue weighted by atomic mass is 10.2. The highest BCUT2D eigenvalue weighted by Gasteiger charge is 2.58. The van der Waals surface area contributed by atoms with Crippen LogP contribution in [-0.4, -0.2) is 30.5 Å². The molecule has 2 atom stereocenters. The Balaban J connectivity index is 1.79. The number of alkyl halides is 2. The van der Waals surface area contributed by atoms with Crippen molar-refractivity contribution in [3.63, 3.8) is 0 Å². The predicted octanol–water partition coefficient (Wildman–Crippen LogP) is 0.262. The Bertz CT molecular complexity index is 226. The summed E-state index contributed by atoms with van der Waals surface area (Å²) in [5.41, 5.74) is 0. The van der Waals surface area contributed by atoms with Crippen molar-refractivity contribution >= 4 is 5.91 Å². The van der Waals surface area contributed by atoms with Gasteiger partial charge in [-0.05, 0) is 19.4 Å². The maximum Gasteiger partial charge on any atom is 0.270 e. The van der Waals surface area contributed by atoms with Gasteiger partial charge in [-0.1, -0.05) is 0 Å². The first-order valence-electron chi connectivity index (χ1n) is 4.51. The standard InChI is InChI=1S/C8H12F2N2O/c9-8(10)4-6(8)12-7(13)5-2-1-3-11-5/h5-6,11H,1-4H2,(H,12,13)/t5-,6?/m0/s1. The fraction of sp³-hybridized carbons (Fsp3) is 0.875. The first-order chi connectivity index (χ1) is 6.09. The summed E-state index contributed by atoms with van der Waals surface area (Å²) in [7, 11) is 0. The van der Waals surface area contributed by atoms with Crippen LogP contribution in [0, 0.1) is 0 Å². The van der Waals surface area contributed by atoms with E-state index in [0.29, 0.717) is 0 Å². The lowest BCUT2D eigenvalue weighted by molar-refractivity contribution is -0.123. The molecule has 13 heavy (non-hydrogen) atoms. The van der Waals surface area contributed by atoms with Gasteiger partial charge in [0.05, 0.1) is 12.1 Å². The number of rotatable bonds is 2. The highest BCUT2D eigenvalue weighted by atomic mass is 19.3. The summed E-state index contributed by atoms with van der Waals surface area (Å²) < 4.78 is 24.8. The van der Waals surface area contributed by atoms with E-state index in [1.165, 1.54) is 0 Å². The van der Waals surface area contributed by atoms with Crippen molar-refractivity contribution in [2.45, 2.75) is 37.3 Å². The Morgan fingerprint density at radius 1 is 1.54 bits per heavy atom. The number of amides is 1. The van der Waals surface area contributed by atoms with Gasteiger partial charge in [0.15, 0.2) is 0 Å². The van der Waals surface area contributed by atoms with Crippen molar-refractivity contribution in [2.24, 2.45) is 0 Å². The van der Waals surface area contributed by atoms with Crippen LogP contribution in [-0.2, 0) is 4.79 Å². The molecule has 2 fully saturated rings. The van der Waals surface area contributed by atoms with Gasteiger partial charge in [0.1, 0.15) is 0 Å². The third-order valence-corrected chi connectivity index (χ3v) is 2.52. The highest BCUT2D eigenvalue weighted by molar-refractivity contribution is 5.82. The average Bonchev–Trinajstić information content (AvgIpc) is 2.58. The van der Waals surface area contributed by atoms with Gasteiger partial charge in [-0.15, -0.1) is 0 Å². The zero-order valence-corrected chi connectivity index (χ0v) is 7.15. The SMILES string of the molecule is O=C(NC1CC1(F)F)[C@@H]1CCCN1. The summed E-state index contributed by atoms with van der Waals surface area (Å²) in [4.78, 5) is 11.3. The summed E-state index contributed by atoms with van der Waals surface area (Å²) >= 11 is 0. The van der Waals surface area contributed by atoms with Crippen molar-refractivity contribution in [1.29, 1.82) is 0 Å². The van der Waals surface area contributed by atoms with Crippen LogP contribution in [0.3, 0.4) is 0 Å². The maximum absolute atomic E-state index is 12.4. The molecule has 2 aliphatic rings. The van der Waals surface area contributed by atoms with Crippen LogP contribution in [0.1, 0.15) is 19.3 Å². The molecule has 5 heteroatoms. The van der Waals surface area contributed by atoms with E-state index in [-0.39, 0.29) is 18.4 Å². The van der Waals surface area contributed by atoms with Crippen LogP contribution in [0.4, 0.5) is 8.78 Å². The second-order valence-electron chi connectivity index (χ2n) is 3.68. The zero-order chi connectivity index (χ0) is 9.47. The number of hydrogen-bond donors (Lipinski definition) is 2. The quantitative estimate of drug-likeness (QED) is 0.656. The molecule has 1 heterocycles. The first kappa shape index (κ1) is 8.87. The molecule has 1 aliphatic heterocycles. The predicted molar refractivity (Wildman–Crippen MR) is 42.5 cm³/mol. The van der Waals surface area contributed by atoms with Crippen molar-refractivity contribution < 1.29 is 13.6 Å². The number of carbonyl (C=O) groups is 1. The van der Waals surface area contributed by atoms with Crippen LogP contribution in [0.5, 0.6) is 0 Å². The molecule has 0 aromatic carbocycles. The number of hydrogen-bond acceptors (Lipinski definition) is 2. The van der Waals surface area contributed by atoms with Gasteiger partial charge >= 0.3 is 0 Å². The Kier molecular flexibility index (Phi) is 1.98. The minimum atomic E-state index is -2.66. The van der Waals surface area contributed by atoms with Crippen LogP contribution < -0.4 is 10.6 Å². The topological polar surface area (TPSA) is 41.1 Å². The van der Waals surface area contributed by atoms with Crippen molar-refractivity contribution in [2.75, 3.05) is 6.54 Å². The van der Waals surface area contributed by atoms with Crippen LogP contribution in [0.15, 0.2) is 0 Å². The van der Waals surface area contributed by atoms with Crippen LogP contribution in [0.2, 0.25) is 0 Å². The Hall–Kier alpha value is -0.710. The third kappa shape index (κ3) is 1.80. The van der Waals surface area contributed by atoms with E-state index < -0.39 is 12.0 Å². The van der Waals surface area contributed by atoms with Gasteiger partial charge in [0.2, 0.25) is 5.91 Å². The highest BCUT2D eigenvalue weighted by Crippen LogP contribution is 2.41. The molecule has 0 bridgehead atoms. The van der Waals surface area contributed by atoms with Gasteiger partial charge in [-0.3, -0.25) is 4.79 Å². The van der Waals surface area contributed by atoms with E-state index in [2.05, 4.69) is 10.6 Å². The number of nitrogens with one attached hydrogen (secondary N) is 2. The fourth-order valence-corrected chi connectivity index (χ4v) is 1.55. The monoisotopic (exact) mass is 190 g/mol. The average molecular weight is 190 g/mol. The van der Waals surface area contributed by atoms with Gasteiger partial charge in [-0.25, -0.2) is 8.78 Å². The van der Waals surface area contributed by atoms with Gasteiger partial charge < -0.3 is 10.6 Å². The molecule has 2 rings (SSSR count). The van der Waals surface area contributed by atoms with Gasteiger partial charge in [0.25, 0.3) is 5.92 Å². The molecule has 1 aliphatic carbocycles. The van der Waals surface area contributed by atoms with E-state index in [9.17, 15) is 13.6 Å². The molecule has 1 saturated carbocycles. The molecule has 0 aromatic heterocycles. The van der Waals surface area contributed by atoms with E-state index in [4.69, 9.17) is 0 Å². The molecule has 74 valence electrons. The number of halogens is 2. The van der Waals surface area contributed by atoms with Crippen molar-refractivity contribution in [1.82, 2.24) is 10.6 Å². The molecule has 3 nitrogen and oxygen atoms in total. The minimum Gasteiger partial charge on any atom is -0.346 e. The van der Waals surface area contributed by atoms with E-state index in [1.807, 2.05) is 0 Å². The largest absolute Gasteiger partial charge is 0.346 e.